The van der Waals surface area contributed by atoms with Crippen molar-refractivity contribution >= 4 is 51.0 Å². The Labute approximate surface area is 235 Å². The predicted molar refractivity (Wildman–Crippen MR) is 151 cm³/mol. The summed E-state index contributed by atoms with van der Waals surface area (Å²) in [6, 6.07) is 20.0. The fraction of sp³-hybridized carbons (Fsp3) is 0.290. The van der Waals surface area contributed by atoms with Crippen LogP contribution in [0.25, 0.3) is 0 Å². The second kappa shape index (κ2) is 11.1. The number of hydrogen-bond acceptors (Lipinski definition) is 5. The summed E-state index contributed by atoms with van der Waals surface area (Å²) in [6.07, 6.45) is 2.13. The number of nitrogens with one attached hydrogen (secondary N) is 1. The number of ether oxygens (including phenoxy) is 1. The van der Waals surface area contributed by atoms with Gasteiger partial charge < -0.3 is 10.1 Å². The van der Waals surface area contributed by atoms with Crippen LogP contribution in [0.4, 0.5) is 11.4 Å². The van der Waals surface area contributed by atoms with E-state index >= 15 is 0 Å². The quantitative estimate of drug-likeness (QED) is 0.284. The number of hydrogen-bond donors (Lipinski definition) is 1. The minimum Gasteiger partial charge on any atom is -0.452 e. The third kappa shape index (κ3) is 5.52. The highest BCUT2D eigenvalue weighted by Crippen LogP contribution is 2.45. The Balaban J connectivity index is 1.24. The van der Waals surface area contributed by atoms with Gasteiger partial charge in [-0.05, 0) is 86.1 Å². The Morgan fingerprint density at radius 3 is 2.33 bits per heavy atom. The Hall–Kier alpha value is -3.78. The number of rotatable bonds is 6. The SMILES string of the molecule is Cc1cc(NC(=O)COC(=O)c2cccc(N3C(=O)[C@@H]4CC[C@H](c5ccccc5)C[C@H]4C3=O)c2)cc(C)c1Br. The van der Waals surface area contributed by atoms with Crippen molar-refractivity contribution in [3.05, 3.63) is 93.5 Å². The molecule has 200 valence electrons. The summed E-state index contributed by atoms with van der Waals surface area (Å²) in [4.78, 5) is 53.0. The van der Waals surface area contributed by atoms with E-state index in [0.29, 0.717) is 24.2 Å². The molecule has 1 aliphatic heterocycles. The van der Waals surface area contributed by atoms with Gasteiger partial charge in [-0.25, -0.2) is 4.79 Å². The molecule has 1 N–H and O–H groups in total. The van der Waals surface area contributed by atoms with E-state index in [1.165, 1.54) is 22.6 Å². The van der Waals surface area contributed by atoms with E-state index in [0.717, 1.165) is 22.0 Å². The van der Waals surface area contributed by atoms with Crippen LogP contribution in [0.3, 0.4) is 0 Å². The summed E-state index contributed by atoms with van der Waals surface area (Å²) in [5.74, 6) is -2.11. The van der Waals surface area contributed by atoms with E-state index < -0.39 is 18.5 Å². The van der Waals surface area contributed by atoms with Gasteiger partial charge in [-0.1, -0.05) is 52.3 Å². The fourth-order valence-electron chi connectivity index (χ4n) is 5.66. The van der Waals surface area contributed by atoms with Crippen LogP contribution in [-0.2, 0) is 19.1 Å². The fourth-order valence-corrected chi connectivity index (χ4v) is 5.89. The number of nitrogens with zero attached hydrogens (tertiary/aromatic N) is 1. The monoisotopic (exact) mass is 588 g/mol. The van der Waals surface area contributed by atoms with Gasteiger partial charge in [0.2, 0.25) is 11.8 Å². The molecule has 1 saturated carbocycles. The number of aryl methyl sites for hydroxylation is 2. The van der Waals surface area contributed by atoms with Crippen LogP contribution in [0, 0.1) is 25.7 Å². The lowest BCUT2D eigenvalue weighted by molar-refractivity contribution is -0.122. The lowest BCUT2D eigenvalue weighted by atomic mass is 9.73. The lowest BCUT2D eigenvalue weighted by Crippen LogP contribution is -2.31. The van der Waals surface area contributed by atoms with E-state index in [2.05, 4.69) is 33.4 Å². The zero-order valence-electron chi connectivity index (χ0n) is 21.8. The first kappa shape index (κ1) is 26.8. The van der Waals surface area contributed by atoms with Crippen LogP contribution in [-0.4, -0.2) is 30.3 Å². The van der Waals surface area contributed by atoms with Crippen molar-refractivity contribution in [2.24, 2.45) is 11.8 Å². The summed E-state index contributed by atoms with van der Waals surface area (Å²) in [7, 11) is 0. The Morgan fingerprint density at radius 2 is 1.62 bits per heavy atom. The van der Waals surface area contributed by atoms with Gasteiger partial charge in [0.15, 0.2) is 6.61 Å². The van der Waals surface area contributed by atoms with Crippen LogP contribution in [0.5, 0.6) is 0 Å². The zero-order chi connectivity index (χ0) is 27.7. The number of benzene rings is 3. The van der Waals surface area contributed by atoms with Crippen LogP contribution in [0.1, 0.15) is 52.2 Å². The van der Waals surface area contributed by atoms with Crippen molar-refractivity contribution in [3.63, 3.8) is 0 Å². The van der Waals surface area contributed by atoms with Crippen molar-refractivity contribution in [2.75, 3.05) is 16.8 Å². The number of carbonyl (C=O) groups excluding carboxylic acids is 4. The first-order chi connectivity index (χ1) is 18.7. The molecule has 1 heterocycles. The van der Waals surface area contributed by atoms with Gasteiger partial charge >= 0.3 is 5.97 Å². The molecule has 39 heavy (non-hydrogen) atoms. The number of carbonyl (C=O) groups is 4. The minimum absolute atomic E-state index is 0.160. The molecule has 0 spiro atoms. The summed E-state index contributed by atoms with van der Waals surface area (Å²) in [5.41, 5.74) is 4.25. The Bertz CT molecular complexity index is 1430. The highest BCUT2D eigenvalue weighted by molar-refractivity contribution is 9.10. The summed E-state index contributed by atoms with van der Waals surface area (Å²) in [5, 5.41) is 2.73. The number of anilines is 2. The first-order valence-corrected chi connectivity index (χ1v) is 13.8. The Morgan fingerprint density at radius 1 is 0.923 bits per heavy atom. The van der Waals surface area contributed by atoms with Gasteiger partial charge in [-0.2, -0.15) is 0 Å². The molecular formula is C31H29BrN2O5. The number of halogens is 1. The highest BCUT2D eigenvalue weighted by atomic mass is 79.9. The molecule has 1 saturated heterocycles. The average Bonchev–Trinajstić information content (AvgIpc) is 3.19. The molecule has 0 bridgehead atoms. The molecule has 0 aromatic heterocycles. The molecule has 8 heteroatoms. The number of imide groups is 1. The average molecular weight is 589 g/mol. The standard InChI is InChI=1S/C31H29BrN2O5/c1-18-13-23(14-19(2)28(18)32)33-27(35)17-39-31(38)22-9-6-10-24(15-22)34-29(36)25-12-11-21(16-26(25)30(34)37)20-7-4-3-5-8-20/h3-10,13-15,21,25-26H,11-12,16-17H2,1-2H3,(H,33,35)/t21-,25+,26+/m0/s1. The molecule has 3 aromatic rings. The molecule has 7 nitrogen and oxygen atoms in total. The Kier molecular flexibility index (Phi) is 7.66. The molecular weight excluding hydrogens is 560 g/mol. The van der Waals surface area contributed by atoms with Crippen LogP contribution >= 0.6 is 15.9 Å². The third-order valence-corrected chi connectivity index (χ3v) is 8.84. The number of amides is 3. The van der Waals surface area contributed by atoms with Crippen LogP contribution in [0.2, 0.25) is 0 Å². The second-order valence-corrected chi connectivity index (χ2v) is 11.0. The van der Waals surface area contributed by atoms with E-state index in [1.807, 2.05) is 44.2 Å². The predicted octanol–water partition coefficient (Wildman–Crippen LogP) is 5.93. The van der Waals surface area contributed by atoms with Gasteiger partial charge in [0.05, 0.1) is 23.1 Å². The first-order valence-electron chi connectivity index (χ1n) is 13.0. The van der Waals surface area contributed by atoms with Crippen molar-refractivity contribution in [3.8, 4) is 0 Å². The summed E-state index contributed by atoms with van der Waals surface area (Å²) in [6.45, 7) is 3.38. The molecule has 3 atom stereocenters. The number of esters is 1. The maximum Gasteiger partial charge on any atom is 0.338 e. The van der Waals surface area contributed by atoms with Gasteiger partial charge in [0.1, 0.15) is 0 Å². The van der Waals surface area contributed by atoms with Crippen molar-refractivity contribution in [1.82, 2.24) is 0 Å². The normalized spacial score (nSPS) is 20.5. The van der Waals surface area contributed by atoms with Crippen molar-refractivity contribution in [1.29, 1.82) is 0 Å². The third-order valence-electron chi connectivity index (χ3n) is 7.59. The molecule has 0 radical (unpaired) electrons. The van der Waals surface area contributed by atoms with Gasteiger partial charge in [0.25, 0.3) is 5.91 Å². The van der Waals surface area contributed by atoms with Gasteiger partial charge in [-0.3, -0.25) is 19.3 Å². The lowest BCUT2D eigenvalue weighted by Gasteiger charge is -2.28. The minimum atomic E-state index is -0.712. The number of fused-ring (bicyclic) bond motifs is 1. The van der Waals surface area contributed by atoms with E-state index in [4.69, 9.17) is 4.74 Å². The smallest absolute Gasteiger partial charge is 0.338 e. The van der Waals surface area contributed by atoms with Crippen LogP contribution in [0.15, 0.2) is 71.2 Å². The molecule has 2 fully saturated rings. The van der Waals surface area contributed by atoms with E-state index in [-0.39, 0.29) is 35.1 Å². The molecule has 2 aliphatic rings. The largest absolute Gasteiger partial charge is 0.452 e. The maximum absolute atomic E-state index is 13.4. The van der Waals surface area contributed by atoms with Crippen molar-refractivity contribution in [2.45, 2.75) is 39.0 Å². The van der Waals surface area contributed by atoms with E-state index in [1.54, 1.807) is 12.1 Å². The van der Waals surface area contributed by atoms with E-state index in [9.17, 15) is 19.2 Å². The second-order valence-electron chi connectivity index (χ2n) is 10.2. The van der Waals surface area contributed by atoms with Crippen molar-refractivity contribution < 1.29 is 23.9 Å². The molecule has 0 unspecified atom stereocenters. The molecule has 5 rings (SSSR count). The molecule has 1 aliphatic carbocycles. The van der Waals surface area contributed by atoms with Gasteiger partial charge in [0, 0.05) is 10.2 Å². The molecule has 3 amide bonds. The zero-order valence-corrected chi connectivity index (χ0v) is 23.4. The highest BCUT2D eigenvalue weighted by Gasteiger charge is 2.50. The maximum atomic E-state index is 13.4. The summed E-state index contributed by atoms with van der Waals surface area (Å²) >= 11 is 3.49. The van der Waals surface area contributed by atoms with Gasteiger partial charge in [-0.15, -0.1) is 0 Å². The topological polar surface area (TPSA) is 92.8 Å². The summed E-state index contributed by atoms with van der Waals surface area (Å²) < 4.78 is 6.20. The van der Waals surface area contributed by atoms with Crippen LogP contribution < -0.4 is 10.2 Å². The molecule has 3 aromatic carbocycles.